The number of carbonyl (C=O) groups is 2. The van der Waals surface area contributed by atoms with Crippen molar-refractivity contribution in [1.29, 1.82) is 0 Å². The van der Waals surface area contributed by atoms with Crippen molar-refractivity contribution in [1.82, 2.24) is 9.80 Å². The first-order valence-electron chi connectivity index (χ1n) is 7.20. The second kappa shape index (κ2) is 6.26. The van der Waals surface area contributed by atoms with Crippen LogP contribution in [-0.2, 0) is 4.79 Å². The molecule has 0 radical (unpaired) electrons. The van der Waals surface area contributed by atoms with Crippen molar-refractivity contribution in [3.8, 4) is 0 Å². The summed E-state index contributed by atoms with van der Waals surface area (Å²) >= 11 is 0. The van der Waals surface area contributed by atoms with Gasteiger partial charge in [0.2, 0.25) is 5.91 Å². The highest BCUT2D eigenvalue weighted by Crippen LogP contribution is 2.21. The summed E-state index contributed by atoms with van der Waals surface area (Å²) in [6.07, 6.45) is 1.16. The molecule has 5 nitrogen and oxygen atoms in total. The van der Waals surface area contributed by atoms with Crippen molar-refractivity contribution >= 4 is 11.8 Å². The second-order valence-corrected chi connectivity index (χ2v) is 5.90. The Hall–Kier alpha value is -1.88. The Kier molecular flexibility index (Phi) is 4.63. The van der Waals surface area contributed by atoms with E-state index >= 15 is 0 Å². The number of amides is 2. The van der Waals surface area contributed by atoms with E-state index in [4.69, 9.17) is 0 Å². The Morgan fingerprint density at radius 3 is 2.38 bits per heavy atom. The van der Waals surface area contributed by atoms with E-state index in [0.29, 0.717) is 31.5 Å². The van der Waals surface area contributed by atoms with Gasteiger partial charge in [0.1, 0.15) is 0 Å². The first kappa shape index (κ1) is 15.5. The van der Waals surface area contributed by atoms with Gasteiger partial charge < -0.3 is 14.9 Å². The summed E-state index contributed by atoms with van der Waals surface area (Å²) in [4.78, 5) is 27.5. The number of hydrogen-bond acceptors (Lipinski definition) is 3. The molecule has 1 N–H and O–H groups in total. The lowest BCUT2D eigenvalue weighted by atomic mass is 9.94. The van der Waals surface area contributed by atoms with Crippen LogP contribution in [0.5, 0.6) is 0 Å². The molecule has 5 heteroatoms. The zero-order valence-electron chi connectivity index (χ0n) is 12.6. The van der Waals surface area contributed by atoms with Crippen LogP contribution in [0.3, 0.4) is 0 Å². The lowest BCUT2D eigenvalue weighted by molar-refractivity contribution is -0.135. The van der Waals surface area contributed by atoms with E-state index in [1.54, 1.807) is 43.1 Å². The zero-order valence-corrected chi connectivity index (χ0v) is 12.6. The van der Waals surface area contributed by atoms with Gasteiger partial charge in [0, 0.05) is 25.7 Å². The Labute approximate surface area is 125 Å². The minimum atomic E-state index is -0.678. The van der Waals surface area contributed by atoms with E-state index in [2.05, 4.69) is 0 Å². The molecule has 114 valence electrons. The van der Waals surface area contributed by atoms with Gasteiger partial charge in [0.25, 0.3) is 5.91 Å². The Balaban J connectivity index is 1.89. The highest BCUT2D eigenvalue weighted by atomic mass is 16.3. The Bertz CT molecular complexity index is 504. The molecule has 1 heterocycles. The first-order chi connectivity index (χ1) is 9.89. The molecule has 1 aromatic carbocycles. The fourth-order valence-corrected chi connectivity index (χ4v) is 2.41. The maximum absolute atomic E-state index is 12.2. The quantitative estimate of drug-likeness (QED) is 0.908. The number of piperidine rings is 1. The van der Waals surface area contributed by atoms with Gasteiger partial charge in [-0.1, -0.05) is 18.2 Å². The SMILES string of the molecule is CN(CC(=O)N1CCC(C)(O)CC1)C(=O)c1ccccc1. The highest BCUT2D eigenvalue weighted by molar-refractivity contribution is 5.96. The van der Waals surface area contributed by atoms with Crippen molar-refractivity contribution in [2.24, 2.45) is 0 Å². The van der Waals surface area contributed by atoms with Crippen molar-refractivity contribution in [2.45, 2.75) is 25.4 Å². The van der Waals surface area contributed by atoms with Crippen LogP contribution in [0.2, 0.25) is 0 Å². The summed E-state index contributed by atoms with van der Waals surface area (Å²) in [5.41, 5.74) is -0.0999. The number of nitrogens with zero attached hydrogens (tertiary/aromatic N) is 2. The predicted molar refractivity (Wildman–Crippen MR) is 79.8 cm³/mol. The summed E-state index contributed by atoms with van der Waals surface area (Å²) in [5.74, 6) is -0.231. The maximum atomic E-state index is 12.2. The molecule has 2 rings (SSSR count). The van der Waals surface area contributed by atoms with E-state index in [-0.39, 0.29) is 18.4 Å². The lowest BCUT2D eigenvalue weighted by Crippen LogP contribution is -2.48. The number of aliphatic hydroxyl groups is 1. The molecule has 0 bridgehead atoms. The van der Waals surface area contributed by atoms with Gasteiger partial charge in [-0.3, -0.25) is 9.59 Å². The molecular weight excluding hydrogens is 268 g/mol. The van der Waals surface area contributed by atoms with Gasteiger partial charge >= 0.3 is 0 Å². The average molecular weight is 290 g/mol. The molecule has 1 aliphatic rings. The molecule has 0 aromatic heterocycles. The third-order valence-corrected chi connectivity index (χ3v) is 3.93. The topological polar surface area (TPSA) is 60.9 Å². The van der Waals surface area contributed by atoms with E-state index in [1.807, 2.05) is 6.07 Å². The van der Waals surface area contributed by atoms with Crippen LogP contribution >= 0.6 is 0 Å². The van der Waals surface area contributed by atoms with Crippen LogP contribution in [0.15, 0.2) is 30.3 Å². The van der Waals surface area contributed by atoms with Crippen LogP contribution in [-0.4, -0.2) is 59.0 Å². The Morgan fingerprint density at radius 2 is 1.81 bits per heavy atom. The number of rotatable bonds is 3. The minimum absolute atomic E-state index is 0.0653. The molecule has 2 amide bonds. The minimum Gasteiger partial charge on any atom is -0.390 e. The van der Waals surface area contributed by atoms with Crippen LogP contribution in [0.25, 0.3) is 0 Å². The van der Waals surface area contributed by atoms with Crippen LogP contribution < -0.4 is 0 Å². The molecular formula is C16H22N2O3. The molecule has 1 aromatic rings. The van der Waals surface area contributed by atoms with Gasteiger partial charge in [0.15, 0.2) is 0 Å². The van der Waals surface area contributed by atoms with E-state index in [1.165, 1.54) is 4.90 Å². The number of likely N-dealkylation sites (tertiary alicyclic amines) is 1. The molecule has 21 heavy (non-hydrogen) atoms. The number of carbonyl (C=O) groups excluding carboxylic acids is 2. The van der Waals surface area contributed by atoms with Crippen LogP contribution in [0.1, 0.15) is 30.1 Å². The van der Waals surface area contributed by atoms with Crippen molar-refractivity contribution in [3.63, 3.8) is 0 Å². The van der Waals surface area contributed by atoms with E-state index < -0.39 is 5.60 Å². The summed E-state index contributed by atoms with van der Waals surface area (Å²) < 4.78 is 0. The number of benzene rings is 1. The van der Waals surface area contributed by atoms with Gasteiger partial charge in [-0.2, -0.15) is 0 Å². The summed E-state index contributed by atoms with van der Waals surface area (Å²) in [6.45, 7) is 2.94. The van der Waals surface area contributed by atoms with Crippen molar-refractivity contribution < 1.29 is 14.7 Å². The van der Waals surface area contributed by atoms with Crippen molar-refractivity contribution in [2.75, 3.05) is 26.7 Å². The van der Waals surface area contributed by atoms with Crippen LogP contribution in [0, 0.1) is 0 Å². The molecule has 1 saturated heterocycles. The lowest BCUT2D eigenvalue weighted by Gasteiger charge is -2.36. The predicted octanol–water partition coefficient (Wildman–Crippen LogP) is 1.13. The van der Waals surface area contributed by atoms with Gasteiger partial charge in [-0.25, -0.2) is 0 Å². The van der Waals surface area contributed by atoms with E-state index in [0.717, 1.165) is 0 Å². The molecule has 0 unspecified atom stereocenters. The summed E-state index contributed by atoms with van der Waals surface area (Å²) in [5, 5.41) is 9.89. The molecule has 0 saturated carbocycles. The van der Waals surface area contributed by atoms with Gasteiger partial charge in [0.05, 0.1) is 12.1 Å². The van der Waals surface area contributed by atoms with Gasteiger partial charge in [-0.05, 0) is 31.9 Å². The second-order valence-electron chi connectivity index (χ2n) is 5.90. The first-order valence-corrected chi connectivity index (χ1v) is 7.20. The maximum Gasteiger partial charge on any atom is 0.254 e. The number of hydrogen-bond donors (Lipinski definition) is 1. The molecule has 0 atom stereocenters. The fourth-order valence-electron chi connectivity index (χ4n) is 2.41. The average Bonchev–Trinajstić information content (AvgIpc) is 2.47. The Morgan fingerprint density at radius 1 is 1.24 bits per heavy atom. The van der Waals surface area contributed by atoms with E-state index in [9.17, 15) is 14.7 Å². The third kappa shape index (κ3) is 4.04. The number of likely N-dealkylation sites (N-methyl/N-ethyl adjacent to an activating group) is 1. The molecule has 1 fully saturated rings. The van der Waals surface area contributed by atoms with Crippen LogP contribution in [0.4, 0.5) is 0 Å². The largest absolute Gasteiger partial charge is 0.390 e. The molecule has 1 aliphatic heterocycles. The molecule has 0 aliphatic carbocycles. The van der Waals surface area contributed by atoms with Crippen molar-refractivity contribution in [3.05, 3.63) is 35.9 Å². The van der Waals surface area contributed by atoms with Gasteiger partial charge in [-0.15, -0.1) is 0 Å². The summed E-state index contributed by atoms with van der Waals surface area (Å²) in [7, 11) is 1.63. The smallest absolute Gasteiger partial charge is 0.254 e. The zero-order chi connectivity index (χ0) is 15.5. The monoisotopic (exact) mass is 290 g/mol. The summed E-state index contributed by atoms with van der Waals surface area (Å²) in [6, 6.07) is 8.93. The fraction of sp³-hybridized carbons (Fsp3) is 0.500. The standard InChI is InChI=1S/C16H22N2O3/c1-16(21)8-10-18(11-9-16)14(19)12-17(2)15(20)13-6-4-3-5-7-13/h3-7,21H,8-12H2,1-2H3. The third-order valence-electron chi connectivity index (χ3n) is 3.93. The normalized spacial score (nSPS) is 17.4. The molecule has 0 spiro atoms. The highest BCUT2D eigenvalue weighted by Gasteiger charge is 2.30.